The van der Waals surface area contributed by atoms with Crippen molar-refractivity contribution in [2.24, 2.45) is 5.92 Å². The highest BCUT2D eigenvalue weighted by atomic mass is 35.5. The molecule has 0 aromatic heterocycles. The van der Waals surface area contributed by atoms with Crippen molar-refractivity contribution < 1.29 is 19.5 Å². The number of rotatable bonds is 3. The van der Waals surface area contributed by atoms with Crippen LogP contribution in [0.3, 0.4) is 0 Å². The number of hydrogen-bond acceptors (Lipinski definition) is 4. The minimum Gasteiger partial charge on any atom is -0.506 e. The van der Waals surface area contributed by atoms with E-state index in [0.717, 1.165) is 0 Å². The van der Waals surface area contributed by atoms with Crippen molar-refractivity contribution in [2.75, 3.05) is 33.2 Å². The minimum atomic E-state index is -0.454. The first kappa shape index (κ1) is 21.5. The largest absolute Gasteiger partial charge is 0.506 e. The Bertz CT molecular complexity index is 812. The summed E-state index contributed by atoms with van der Waals surface area (Å²) in [6, 6.07) is 2.54. The van der Waals surface area contributed by atoms with E-state index in [1.807, 2.05) is 0 Å². The van der Waals surface area contributed by atoms with Crippen LogP contribution < -0.4 is 10.6 Å². The molecule has 4 amide bonds. The minimum absolute atomic E-state index is 0.0173. The van der Waals surface area contributed by atoms with E-state index in [1.54, 1.807) is 16.8 Å². The van der Waals surface area contributed by atoms with Crippen molar-refractivity contribution in [3.05, 3.63) is 27.7 Å². The number of nitrogens with zero attached hydrogens (tertiary/aromatic N) is 2. The summed E-state index contributed by atoms with van der Waals surface area (Å²) in [5.74, 6) is -0.949. The van der Waals surface area contributed by atoms with Crippen LogP contribution in [0, 0.1) is 5.92 Å². The molecule has 29 heavy (non-hydrogen) atoms. The van der Waals surface area contributed by atoms with E-state index >= 15 is 0 Å². The number of piperidine rings is 1. The Labute approximate surface area is 179 Å². The number of hydrogen-bond donors (Lipinski definition) is 3. The molecule has 2 aliphatic rings. The van der Waals surface area contributed by atoms with Crippen LogP contribution in [-0.4, -0.2) is 72.0 Å². The number of carbonyl (C=O) groups is 3. The Balaban J connectivity index is 1.51. The number of likely N-dealkylation sites (tertiary alicyclic amines) is 2. The lowest BCUT2D eigenvalue weighted by Gasteiger charge is -2.35. The Morgan fingerprint density at radius 1 is 1.07 bits per heavy atom. The molecular weight excluding hydrogens is 419 g/mol. The monoisotopic (exact) mass is 442 g/mol. The van der Waals surface area contributed by atoms with Crippen LogP contribution in [0.5, 0.6) is 5.75 Å². The van der Waals surface area contributed by atoms with Gasteiger partial charge in [0.1, 0.15) is 5.75 Å². The van der Waals surface area contributed by atoms with Crippen LogP contribution in [-0.2, 0) is 4.79 Å². The number of amides is 4. The number of benzene rings is 1. The number of urea groups is 1. The highest BCUT2D eigenvalue weighted by Crippen LogP contribution is 2.31. The molecule has 3 rings (SSSR count). The average Bonchev–Trinajstić information content (AvgIpc) is 3.20. The molecule has 10 heteroatoms. The topological polar surface area (TPSA) is 102 Å². The third-order valence-electron chi connectivity index (χ3n) is 5.45. The Morgan fingerprint density at radius 2 is 1.72 bits per heavy atom. The van der Waals surface area contributed by atoms with Crippen LogP contribution in [0.25, 0.3) is 0 Å². The molecule has 0 spiro atoms. The zero-order chi connectivity index (χ0) is 21.1. The van der Waals surface area contributed by atoms with Crippen molar-refractivity contribution in [3.63, 3.8) is 0 Å². The van der Waals surface area contributed by atoms with Gasteiger partial charge in [-0.2, -0.15) is 0 Å². The first-order chi connectivity index (χ1) is 13.8. The van der Waals surface area contributed by atoms with Crippen molar-refractivity contribution in [2.45, 2.75) is 25.3 Å². The predicted octanol–water partition coefficient (Wildman–Crippen LogP) is 2.08. The van der Waals surface area contributed by atoms with Crippen molar-refractivity contribution >= 4 is 41.0 Å². The fourth-order valence-electron chi connectivity index (χ4n) is 3.77. The molecule has 158 valence electrons. The smallest absolute Gasteiger partial charge is 0.320 e. The number of carbonyl (C=O) groups excluding carboxylic acids is 3. The standard InChI is InChI=1S/C19H24Cl2N4O4/c1-22-17(27)11-2-5-25(10-11)19(29)24-6-3-13(4-7-24)23-18(28)14-8-12(20)9-15(21)16(14)26/h8-9,11,13,26H,2-7,10H2,1H3,(H,22,27)(H,23,28)/t11-/m1/s1. The van der Waals surface area contributed by atoms with Gasteiger partial charge in [-0.05, 0) is 31.4 Å². The molecule has 0 unspecified atom stereocenters. The summed E-state index contributed by atoms with van der Waals surface area (Å²) in [5.41, 5.74) is 0.0262. The zero-order valence-corrected chi connectivity index (χ0v) is 17.6. The average molecular weight is 443 g/mol. The fraction of sp³-hybridized carbons (Fsp3) is 0.526. The normalized spacial score (nSPS) is 19.9. The number of phenolic OH excluding ortho intramolecular Hbond substituents is 1. The molecule has 0 bridgehead atoms. The van der Waals surface area contributed by atoms with E-state index in [9.17, 15) is 19.5 Å². The van der Waals surface area contributed by atoms with E-state index in [4.69, 9.17) is 23.2 Å². The molecule has 8 nitrogen and oxygen atoms in total. The maximum atomic E-state index is 12.7. The Morgan fingerprint density at radius 3 is 2.38 bits per heavy atom. The number of aromatic hydroxyl groups is 1. The number of phenols is 1. The molecule has 2 fully saturated rings. The van der Waals surface area contributed by atoms with Crippen LogP contribution in [0.15, 0.2) is 12.1 Å². The van der Waals surface area contributed by atoms with E-state index in [0.29, 0.717) is 45.4 Å². The van der Waals surface area contributed by atoms with E-state index in [1.165, 1.54) is 12.1 Å². The molecule has 1 atom stereocenters. The lowest BCUT2D eigenvalue weighted by atomic mass is 10.0. The second-order valence-corrected chi connectivity index (χ2v) is 8.19. The second-order valence-electron chi connectivity index (χ2n) is 7.35. The summed E-state index contributed by atoms with van der Waals surface area (Å²) in [7, 11) is 1.60. The predicted molar refractivity (Wildman–Crippen MR) is 109 cm³/mol. The van der Waals surface area contributed by atoms with Gasteiger partial charge in [-0.1, -0.05) is 23.2 Å². The molecule has 0 aliphatic carbocycles. The van der Waals surface area contributed by atoms with Gasteiger partial charge in [0, 0.05) is 44.3 Å². The molecule has 3 N–H and O–H groups in total. The van der Waals surface area contributed by atoms with Crippen LogP contribution in [0.2, 0.25) is 10.0 Å². The summed E-state index contributed by atoms with van der Waals surface area (Å²) in [6.07, 6.45) is 1.86. The van der Waals surface area contributed by atoms with Gasteiger partial charge in [-0.3, -0.25) is 9.59 Å². The molecule has 0 saturated carbocycles. The molecular formula is C19H24Cl2N4O4. The first-order valence-electron chi connectivity index (χ1n) is 9.54. The SMILES string of the molecule is CNC(=O)[C@@H]1CCN(C(=O)N2CCC(NC(=O)c3cc(Cl)cc(Cl)c3O)CC2)C1. The highest BCUT2D eigenvalue weighted by Gasteiger charge is 2.34. The lowest BCUT2D eigenvalue weighted by molar-refractivity contribution is -0.124. The molecule has 2 heterocycles. The van der Waals surface area contributed by atoms with Gasteiger partial charge in [0.2, 0.25) is 5.91 Å². The van der Waals surface area contributed by atoms with Gasteiger partial charge in [0.05, 0.1) is 16.5 Å². The summed E-state index contributed by atoms with van der Waals surface area (Å²) in [5, 5.41) is 15.8. The van der Waals surface area contributed by atoms with E-state index in [-0.39, 0.29) is 45.3 Å². The maximum Gasteiger partial charge on any atom is 0.320 e. The van der Waals surface area contributed by atoms with Crippen LogP contribution >= 0.6 is 23.2 Å². The Kier molecular flexibility index (Phi) is 6.74. The molecule has 1 aromatic carbocycles. The van der Waals surface area contributed by atoms with Crippen LogP contribution in [0.1, 0.15) is 29.6 Å². The molecule has 1 aromatic rings. The molecule has 2 aliphatic heterocycles. The Hall–Kier alpha value is -2.19. The molecule has 2 saturated heterocycles. The summed E-state index contributed by atoms with van der Waals surface area (Å²) in [4.78, 5) is 40.4. The third kappa shape index (κ3) is 4.87. The fourth-order valence-corrected chi connectivity index (χ4v) is 4.26. The zero-order valence-electron chi connectivity index (χ0n) is 16.1. The second kappa shape index (κ2) is 9.09. The third-order valence-corrected chi connectivity index (χ3v) is 5.96. The highest BCUT2D eigenvalue weighted by molar-refractivity contribution is 6.36. The van der Waals surface area contributed by atoms with Gasteiger partial charge in [-0.15, -0.1) is 0 Å². The van der Waals surface area contributed by atoms with Gasteiger partial charge in [0.25, 0.3) is 5.91 Å². The van der Waals surface area contributed by atoms with Gasteiger partial charge in [0.15, 0.2) is 0 Å². The number of halogens is 2. The molecule has 0 radical (unpaired) electrons. The van der Waals surface area contributed by atoms with Gasteiger partial charge in [-0.25, -0.2) is 4.79 Å². The maximum absolute atomic E-state index is 12.7. The van der Waals surface area contributed by atoms with Crippen LogP contribution in [0.4, 0.5) is 4.79 Å². The van der Waals surface area contributed by atoms with Crippen molar-refractivity contribution in [1.29, 1.82) is 0 Å². The van der Waals surface area contributed by atoms with Crippen molar-refractivity contribution in [3.8, 4) is 5.75 Å². The quantitative estimate of drug-likeness (QED) is 0.666. The van der Waals surface area contributed by atoms with Gasteiger partial charge >= 0.3 is 6.03 Å². The summed E-state index contributed by atoms with van der Waals surface area (Å²) < 4.78 is 0. The summed E-state index contributed by atoms with van der Waals surface area (Å²) >= 11 is 11.8. The van der Waals surface area contributed by atoms with Gasteiger partial charge < -0.3 is 25.5 Å². The van der Waals surface area contributed by atoms with E-state index < -0.39 is 5.91 Å². The van der Waals surface area contributed by atoms with E-state index in [2.05, 4.69) is 10.6 Å². The lowest BCUT2D eigenvalue weighted by Crippen LogP contribution is -2.50. The first-order valence-corrected chi connectivity index (χ1v) is 10.3. The van der Waals surface area contributed by atoms with Crippen molar-refractivity contribution in [1.82, 2.24) is 20.4 Å². The number of nitrogens with one attached hydrogen (secondary N) is 2. The summed E-state index contributed by atoms with van der Waals surface area (Å²) in [6.45, 7) is 2.02.